The highest BCUT2D eigenvalue weighted by molar-refractivity contribution is 6.06. The first-order valence-electron chi connectivity index (χ1n) is 12.3. The van der Waals surface area contributed by atoms with E-state index in [1.807, 2.05) is 0 Å². The molecule has 0 heterocycles. The molecule has 3 fully saturated rings. The Morgan fingerprint density at radius 2 is 1.67 bits per heavy atom. The Morgan fingerprint density at radius 1 is 0.933 bits per heavy atom. The molecule has 1 aromatic carbocycles. The average Bonchev–Trinajstić information content (AvgIpc) is 3.32. The first kappa shape index (κ1) is 21.3. The van der Waals surface area contributed by atoms with Crippen LogP contribution in [0.15, 0.2) is 41.1 Å². The van der Waals surface area contributed by atoms with E-state index < -0.39 is 0 Å². The van der Waals surface area contributed by atoms with Crippen LogP contribution in [0, 0.1) is 17.8 Å². The van der Waals surface area contributed by atoms with E-state index in [2.05, 4.69) is 41.6 Å². The zero-order valence-electron chi connectivity index (χ0n) is 18.4. The highest BCUT2D eigenvalue weighted by Crippen LogP contribution is 2.39. The number of carbonyl (C=O) groups is 1. The first-order chi connectivity index (χ1) is 14.8. The summed E-state index contributed by atoms with van der Waals surface area (Å²) in [6.45, 7) is 0. The van der Waals surface area contributed by atoms with Crippen molar-refractivity contribution in [3.63, 3.8) is 0 Å². The third-order valence-electron chi connectivity index (χ3n) is 7.48. The van der Waals surface area contributed by atoms with Gasteiger partial charge in [-0.3, -0.25) is 0 Å². The topological polar surface area (TPSA) is 38.7 Å². The molecule has 3 aliphatic carbocycles. The highest BCUT2D eigenvalue weighted by Gasteiger charge is 2.33. The van der Waals surface area contributed by atoms with E-state index in [4.69, 9.17) is 4.84 Å². The van der Waals surface area contributed by atoms with E-state index in [0.717, 1.165) is 18.6 Å². The van der Waals surface area contributed by atoms with Crippen LogP contribution in [0.3, 0.4) is 0 Å². The SMILES string of the molecule is O=C(CCC1CCCC1)ON=C1C(=Cc2ccccc2)CCCC1C1CCCCC1. The average molecular weight is 408 g/mol. The van der Waals surface area contributed by atoms with E-state index in [9.17, 15) is 4.79 Å². The summed E-state index contributed by atoms with van der Waals surface area (Å²) in [5.74, 6) is 1.69. The van der Waals surface area contributed by atoms with Gasteiger partial charge in [0.2, 0.25) is 0 Å². The van der Waals surface area contributed by atoms with Crippen LogP contribution < -0.4 is 0 Å². The van der Waals surface area contributed by atoms with Gasteiger partial charge in [0, 0.05) is 12.3 Å². The predicted octanol–water partition coefficient (Wildman–Crippen LogP) is 7.32. The molecule has 0 radical (unpaired) electrons. The van der Waals surface area contributed by atoms with E-state index in [0.29, 0.717) is 24.2 Å². The molecule has 1 atom stereocenters. The maximum atomic E-state index is 12.4. The smallest absolute Gasteiger partial charge is 0.318 e. The van der Waals surface area contributed by atoms with Gasteiger partial charge >= 0.3 is 5.97 Å². The summed E-state index contributed by atoms with van der Waals surface area (Å²) in [7, 11) is 0. The highest BCUT2D eigenvalue weighted by atomic mass is 16.7. The van der Waals surface area contributed by atoms with Gasteiger partial charge in [0.05, 0.1) is 5.71 Å². The second-order valence-electron chi connectivity index (χ2n) is 9.61. The van der Waals surface area contributed by atoms with Crippen molar-refractivity contribution >= 4 is 17.8 Å². The summed E-state index contributed by atoms with van der Waals surface area (Å²) in [4.78, 5) is 18.0. The van der Waals surface area contributed by atoms with Crippen LogP contribution in [0.25, 0.3) is 6.08 Å². The molecule has 0 saturated heterocycles. The quantitative estimate of drug-likeness (QED) is 0.366. The van der Waals surface area contributed by atoms with E-state index in [1.54, 1.807) is 0 Å². The number of allylic oxidation sites excluding steroid dienone is 1. The summed E-state index contributed by atoms with van der Waals surface area (Å²) in [5.41, 5.74) is 3.54. The molecule has 3 saturated carbocycles. The minimum Gasteiger partial charge on any atom is -0.318 e. The number of oxime groups is 1. The van der Waals surface area contributed by atoms with Gasteiger partial charge in [-0.05, 0) is 67.6 Å². The molecule has 1 aromatic rings. The van der Waals surface area contributed by atoms with Crippen molar-refractivity contribution in [1.82, 2.24) is 0 Å². The summed E-state index contributed by atoms with van der Waals surface area (Å²) in [5, 5.41) is 4.56. The van der Waals surface area contributed by atoms with Crippen LogP contribution in [-0.2, 0) is 9.63 Å². The molecule has 1 unspecified atom stereocenters. The van der Waals surface area contributed by atoms with Crippen molar-refractivity contribution in [2.24, 2.45) is 22.9 Å². The molecule has 0 N–H and O–H groups in total. The Bertz CT molecular complexity index is 739. The number of hydrogen-bond acceptors (Lipinski definition) is 3. The molecule has 3 heteroatoms. The molecule has 4 rings (SSSR count). The zero-order chi connectivity index (χ0) is 20.6. The molecule has 3 nitrogen and oxygen atoms in total. The molecule has 0 bridgehead atoms. The molecule has 0 spiro atoms. The van der Waals surface area contributed by atoms with Crippen LogP contribution in [0.1, 0.15) is 95.5 Å². The lowest BCUT2D eigenvalue weighted by atomic mass is 9.71. The molecular formula is C27H37NO2. The lowest BCUT2D eigenvalue weighted by Gasteiger charge is -2.34. The molecule has 0 aromatic heterocycles. The fourth-order valence-electron chi connectivity index (χ4n) is 5.80. The predicted molar refractivity (Wildman–Crippen MR) is 123 cm³/mol. The maximum Gasteiger partial charge on any atom is 0.335 e. The Morgan fingerprint density at radius 3 is 2.43 bits per heavy atom. The molecular weight excluding hydrogens is 370 g/mol. The van der Waals surface area contributed by atoms with Gasteiger partial charge in [0.1, 0.15) is 0 Å². The number of carbonyl (C=O) groups excluding carboxylic acids is 1. The van der Waals surface area contributed by atoms with Crippen molar-refractivity contribution in [3.05, 3.63) is 41.5 Å². The van der Waals surface area contributed by atoms with E-state index >= 15 is 0 Å². The van der Waals surface area contributed by atoms with Crippen molar-refractivity contribution in [2.45, 2.75) is 89.9 Å². The van der Waals surface area contributed by atoms with Crippen LogP contribution in [-0.4, -0.2) is 11.7 Å². The third-order valence-corrected chi connectivity index (χ3v) is 7.48. The minimum absolute atomic E-state index is 0.151. The van der Waals surface area contributed by atoms with Crippen LogP contribution in [0.2, 0.25) is 0 Å². The van der Waals surface area contributed by atoms with Crippen molar-refractivity contribution in [3.8, 4) is 0 Å². The van der Waals surface area contributed by atoms with Crippen molar-refractivity contribution in [1.29, 1.82) is 0 Å². The van der Waals surface area contributed by atoms with Crippen LogP contribution in [0.4, 0.5) is 0 Å². The second-order valence-corrected chi connectivity index (χ2v) is 9.61. The fourth-order valence-corrected chi connectivity index (χ4v) is 5.80. The molecule has 0 aliphatic heterocycles. The molecule has 30 heavy (non-hydrogen) atoms. The summed E-state index contributed by atoms with van der Waals surface area (Å²) in [6.07, 6.45) is 18.9. The minimum atomic E-state index is -0.151. The summed E-state index contributed by atoms with van der Waals surface area (Å²) in [6, 6.07) is 10.5. The molecule has 0 amide bonds. The van der Waals surface area contributed by atoms with Crippen LogP contribution >= 0.6 is 0 Å². The standard InChI is InChI=1S/C27H37NO2/c29-26(19-18-21-10-7-8-11-21)30-28-27-24(20-22-12-3-1-4-13-22)16-9-17-25(27)23-14-5-2-6-15-23/h1,3-4,12-13,20-21,23,25H,2,5-11,14-19H2. The number of benzene rings is 1. The zero-order valence-corrected chi connectivity index (χ0v) is 18.4. The van der Waals surface area contributed by atoms with Gasteiger partial charge in [-0.1, -0.05) is 80.4 Å². The monoisotopic (exact) mass is 407 g/mol. The normalized spacial score (nSPS) is 26.3. The number of nitrogens with zero attached hydrogens (tertiary/aromatic N) is 1. The summed E-state index contributed by atoms with van der Waals surface area (Å²) < 4.78 is 0. The van der Waals surface area contributed by atoms with Gasteiger partial charge in [0.25, 0.3) is 0 Å². The largest absolute Gasteiger partial charge is 0.335 e. The lowest BCUT2D eigenvalue weighted by Crippen LogP contribution is -2.30. The first-order valence-corrected chi connectivity index (χ1v) is 12.3. The lowest BCUT2D eigenvalue weighted by molar-refractivity contribution is -0.144. The van der Waals surface area contributed by atoms with Crippen molar-refractivity contribution in [2.75, 3.05) is 0 Å². The number of rotatable bonds is 6. The van der Waals surface area contributed by atoms with Gasteiger partial charge in [-0.25, -0.2) is 4.79 Å². The Labute approximate surface area is 182 Å². The Balaban J connectivity index is 1.49. The van der Waals surface area contributed by atoms with Gasteiger partial charge in [-0.15, -0.1) is 0 Å². The van der Waals surface area contributed by atoms with Gasteiger partial charge < -0.3 is 4.84 Å². The Hall–Kier alpha value is -1.90. The molecule has 162 valence electrons. The third kappa shape index (κ3) is 5.83. The number of hydrogen-bond donors (Lipinski definition) is 0. The summed E-state index contributed by atoms with van der Waals surface area (Å²) >= 11 is 0. The van der Waals surface area contributed by atoms with Gasteiger partial charge in [-0.2, -0.15) is 0 Å². The van der Waals surface area contributed by atoms with E-state index in [-0.39, 0.29) is 5.97 Å². The van der Waals surface area contributed by atoms with E-state index in [1.165, 1.54) is 81.8 Å². The maximum absolute atomic E-state index is 12.4. The van der Waals surface area contributed by atoms with Crippen LogP contribution in [0.5, 0.6) is 0 Å². The second kappa shape index (κ2) is 10.9. The molecule has 3 aliphatic rings. The van der Waals surface area contributed by atoms with Crippen molar-refractivity contribution < 1.29 is 9.63 Å². The fraction of sp³-hybridized carbons (Fsp3) is 0.630. The Kier molecular flexibility index (Phi) is 7.77. The van der Waals surface area contributed by atoms with Gasteiger partial charge in [0.15, 0.2) is 0 Å².